The number of anilines is 1. The van der Waals surface area contributed by atoms with Gasteiger partial charge in [-0.15, -0.1) is 11.8 Å². The highest BCUT2D eigenvalue weighted by molar-refractivity contribution is 7.98. The van der Waals surface area contributed by atoms with Crippen LogP contribution in [0.25, 0.3) is 0 Å². The van der Waals surface area contributed by atoms with E-state index < -0.39 is 6.10 Å². The summed E-state index contributed by atoms with van der Waals surface area (Å²) in [5.74, 6) is 0.438. The van der Waals surface area contributed by atoms with Crippen LogP contribution < -0.4 is 5.32 Å². The predicted molar refractivity (Wildman–Crippen MR) is 75.6 cm³/mol. The van der Waals surface area contributed by atoms with E-state index in [1.54, 1.807) is 18.0 Å². The number of hydrogen-bond donors (Lipinski definition) is 3. The number of aliphatic hydroxyl groups excluding tert-OH is 1. The normalized spacial score (nSPS) is 12.3. The number of aromatic nitrogens is 1. The van der Waals surface area contributed by atoms with E-state index in [9.17, 15) is 5.11 Å². The number of aromatic amines is 1. The molecule has 1 heterocycles. The Labute approximate surface area is 114 Å². The molecule has 0 spiro atoms. The molecule has 2 rings (SSSR count). The second kappa shape index (κ2) is 6.08. The number of benzene rings is 1. The van der Waals surface area contributed by atoms with Gasteiger partial charge in [-0.05, 0) is 42.7 Å². The Balaban J connectivity index is 1.92. The summed E-state index contributed by atoms with van der Waals surface area (Å²) in [5, 5.41) is 13.0. The number of H-pyrrole nitrogens is 1. The first-order valence-electron chi connectivity index (χ1n) is 5.43. The average molecular weight is 282 g/mol. The lowest BCUT2D eigenvalue weighted by atomic mass is 10.2. The molecule has 1 aromatic carbocycles. The minimum atomic E-state index is -0.724. The molecule has 6 heteroatoms. The minimum Gasteiger partial charge on any atom is -0.432 e. The minimum absolute atomic E-state index is 0.272. The summed E-state index contributed by atoms with van der Waals surface area (Å²) in [5.41, 5.74) is 0.959. The van der Waals surface area contributed by atoms with E-state index in [2.05, 4.69) is 10.3 Å². The molecule has 18 heavy (non-hydrogen) atoms. The first-order valence-corrected chi connectivity index (χ1v) is 7.07. The molecule has 3 N–H and O–H groups in total. The maximum atomic E-state index is 9.87. The number of oxazole rings is 1. The number of thioether (sulfide) groups is 1. The van der Waals surface area contributed by atoms with Crippen LogP contribution in [0.1, 0.15) is 11.9 Å². The van der Waals surface area contributed by atoms with Gasteiger partial charge in [0.25, 0.3) is 4.84 Å². The van der Waals surface area contributed by atoms with Crippen LogP contribution in [0.5, 0.6) is 0 Å². The summed E-state index contributed by atoms with van der Waals surface area (Å²) in [6.45, 7) is 0.370. The van der Waals surface area contributed by atoms with Crippen LogP contribution >= 0.6 is 24.0 Å². The zero-order valence-corrected chi connectivity index (χ0v) is 11.5. The molecule has 0 radical (unpaired) electrons. The molecule has 96 valence electrons. The van der Waals surface area contributed by atoms with Crippen molar-refractivity contribution in [2.45, 2.75) is 11.0 Å². The lowest BCUT2D eigenvalue weighted by molar-refractivity contribution is 0.161. The molecule has 1 aromatic heterocycles. The second-order valence-corrected chi connectivity index (χ2v) is 4.96. The molecule has 2 aromatic rings. The van der Waals surface area contributed by atoms with Crippen LogP contribution in [0.3, 0.4) is 0 Å². The summed E-state index contributed by atoms with van der Waals surface area (Å²) >= 11 is 6.49. The van der Waals surface area contributed by atoms with E-state index in [1.807, 2.05) is 30.5 Å². The summed E-state index contributed by atoms with van der Waals surface area (Å²) in [6, 6.07) is 8.01. The number of hydrogen-bond acceptors (Lipinski definition) is 5. The van der Waals surface area contributed by atoms with E-state index in [-0.39, 0.29) is 4.84 Å². The lowest BCUT2D eigenvalue weighted by Crippen LogP contribution is -2.11. The summed E-state index contributed by atoms with van der Waals surface area (Å²) in [6.07, 6.45) is 2.88. The molecule has 1 atom stereocenters. The summed E-state index contributed by atoms with van der Waals surface area (Å²) < 4.78 is 5.14. The van der Waals surface area contributed by atoms with Crippen molar-refractivity contribution >= 4 is 29.7 Å². The largest absolute Gasteiger partial charge is 0.432 e. The fourth-order valence-corrected chi connectivity index (χ4v) is 2.05. The highest BCUT2D eigenvalue weighted by Gasteiger charge is 2.10. The number of aliphatic hydroxyl groups is 1. The van der Waals surface area contributed by atoms with Crippen LogP contribution in [0, 0.1) is 4.84 Å². The monoisotopic (exact) mass is 282 g/mol. The van der Waals surface area contributed by atoms with Gasteiger partial charge in [-0.1, -0.05) is 0 Å². The Morgan fingerprint density at radius 2 is 2.17 bits per heavy atom. The molecular weight excluding hydrogens is 268 g/mol. The lowest BCUT2D eigenvalue weighted by Gasteiger charge is -2.10. The maximum Gasteiger partial charge on any atom is 0.266 e. The van der Waals surface area contributed by atoms with Crippen LogP contribution in [-0.4, -0.2) is 22.9 Å². The first kappa shape index (κ1) is 13.2. The van der Waals surface area contributed by atoms with E-state index in [0.717, 1.165) is 5.69 Å². The highest BCUT2D eigenvalue weighted by Crippen LogP contribution is 2.19. The van der Waals surface area contributed by atoms with E-state index >= 15 is 0 Å². The van der Waals surface area contributed by atoms with Crippen molar-refractivity contribution < 1.29 is 9.52 Å². The molecule has 0 fully saturated rings. The molecule has 0 aliphatic heterocycles. The van der Waals surface area contributed by atoms with Crippen molar-refractivity contribution in [2.75, 3.05) is 18.1 Å². The quantitative estimate of drug-likeness (QED) is 0.580. The van der Waals surface area contributed by atoms with Crippen molar-refractivity contribution in [3.05, 3.63) is 41.1 Å². The third-order valence-electron chi connectivity index (χ3n) is 2.46. The second-order valence-electron chi connectivity index (χ2n) is 3.71. The van der Waals surface area contributed by atoms with Crippen molar-refractivity contribution in [1.29, 1.82) is 0 Å². The Morgan fingerprint density at radius 3 is 2.72 bits per heavy atom. The Kier molecular flexibility index (Phi) is 4.46. The van der Waals surface area contributed by atoms with Crippen molar-refractivity contribution in [3.63, 3.8) is 0 Å². The Bertz CT molecular complexity index is 548. The summed E-state index contributed by atoms with van der Waals surface area (Å²) in [7, 11) is 0. The average Bonchev–Trinajstić information content (AvgIpc) is 2.83. The molecule has 0 saturated carbocycles. The first-order chi connectivity index (χ1) is 8.69. The Hall–Kier alpha value is -1.24. The standard InChI is InChI=1S/C12H14N2O2S2/c1-18-9-4-2-8(3-5-9)13-6-10(15)11-7-14-12(17)16-11/h2-5,7,10,13,15H,6H2,1H3,(H,14,17). The number of nitrogens with one attached hydrogen (secondary N) is 2. The van der Waals surface area contributed by atoms with Crippen molar-refractivity contribution in [1.82, 2.24) is 4.98 Å². The zero-order chi connectivity index (χ0) is 13.0. The Morgan fingerprint density at radius 1 is 1.44 bits per heavy atom. The molecule has 0 amide bonds. The molecule has 1 unspecified atom stereocenters. The SMILES string of the molecule is CSc1ccc(NCC(O)c2c[nH]c(=S)o2)cc1. The highest BCUT2D eigenvalue weighted by atomic mass is 32.2. The molecular formula is C12H14N2O2S2. The van der Waals surface area contributed by atoms with Gasteiger partial charge in [0.05, 0.1) is 0 Å². The van der Waals surface area contributed by atoms with Gasteiger partial charge in [-0.3, -0.25) is 0 Å². The van der Waals surface area contributed by atoms with E-state index in [4.69, 9.17) is 16.6 Å². The van der Waals surface area contributed by atoms with Gasteiger partial charge in [0.1, 0.15) is 6.10 Å². The number of rotatable bonds is 5. The van der Waals surface area contributed by atoms with Gasteiger partial charge < -0.3 is 19.8 Å². The van der Waals surface area contributed by atoms with Crippen molar-refractivity contribution in [2.24, 2.45) is 0 Å². The van der Waals surface area contributed by atoms with Crippen LogP contribution in [0.4, 0.5) is 5.69 Å². The maximum absolute atomic E-state index is 9.87. The van der Waals surface area contributed by atoms with Gasteiger partial charge >= 0.3 is 0 Å². The molecule has 0 aliphatic rings. The van der Waals surface area contributed by atoms with Gasteiger partial charge in [0, 0.05) is 23.3 Å². The smallest absolute Gasteiger partial charge is 0.266 e. The molecule has 4 nitrogen and oxygen atoms in total. The molecule has 0 aliphatic carbocycles. The van der Waals surface area contributed by atoms with Crippen LogP contribution in [0.2, 0.25) is 0 Å². The van der Waals surface area contributed by atoms with Gasteiger partial charge in [-0.2, -0.15) is 0 Å². The summed E-state index contributed by atoms with van der Waals surface area (Å²) in [4.78, 5) is 4.20. The molecule has 0 bridgehead atoms. The van der Waals surface area contributed by atoms with E-state index in [1.165, 1.54) is 4.90 Å². The fourth-order valence-electron chi connectivity index (χ4n) is 1.48. The van der Waals surface area contributed by atoms with Gasteiger partial charge in [-0.25, -0.2) is 0 Å². The van der Waals surface area contributed by atoms with Crippen LogP contribution in [0.15, 0.2) is 39.8 Å². The van der Waals surface area contributed by atoms with Crippen LogP contribution in [-0.2, 0) is 0 Å². The van der Waals surface area contributed by atoms with E-state index in [0.29, 0.717) is 12.3 Å². The topological polar surface area (TPSA) is 61.2 Å². The molecule has 0 saturated heterocycles. The third kappa shape index (κ3) is 3.38. The fraction of sp³-hybridized carbons (Fsp3) is 0.250. The van der Waals surface area contributed by atoms with Crippen molar-refractivity contribution in [3.8, 4) is 0 Å². The van der Waals surface area contributed by atoms with Gasteiger partial charge in [0.2, 0.25) is 0 Å². The predicted octanol–water partition coefficient (Wildman–Crippen LogP) is 3.20. The van der Waals surface area contributed by atoms with Gasteiger partial charge in [0.15, 0.2) is 5.76 Å². The third-order valence-corrected chi connectivity index (χ3v) is 3.41. The zero-order valence-electron chi connectivity index (χ0n) is 9.84.